The van der Waals surface area contributed by atoms with Gasteiger partial charge >= 0.3 is 0 Å². The summed E-state index contributed by atoms with van der Waals surface area (Å²) in [6.45, 7) is 3.89. The van der Waals surface area contributed by atoms with E-state index in [1.165, 1.54) is 0 Å². The third kappa shape index (κ3) is 3.27. The second-order valence-corrected chi connectivity index (χ2v) is 3.39. The molecule has 4 nitrogen and oxygen atoms in total. The number of benzene rings is 1. The minimum atomic E-state index is -0.715. The van der Waals surface area contributed by atoms with Crippen molar-refractivity contribution in [2.24, 2.45) is 5.73 Å². The van der Waals surface area contributed by atoms with E-state index < -0.39 is 12.1 Å². The highest BCUT2D eigenvalue weighted by atomic mass is 35.5. The molecule has 2 atom stereocenters. The van der Waals surface area contributed by atoms with Gasteiger partial charge in [0.2, 0.25) is 0 Å². The molecule has 0 aliphatic heterocycles. The molecule has 4 N–H and O–H groups in total. The molecule has 92 valence electrons. The maximum absolute atomic E-state index is 9.82. The predicted octanol–water partition coefficient (Wildman–Crippen LogP) is 1.59. The number of rotatable bonds is 4. The summed E-state index contributed by atoms with van der Waals surface area (Å²) >= 11 is 0. The van der Waals surface area contributed by atoms with Gasteiger partial charge in [0.05, 0.1) is 18.8 Å². The molecule has 0 aliphatic rings. The second kappa shape index (κ2) is 6.58. The molecule has 0 bridgehead atoms. The van der Waals surface area contributed by atoms with Crippen LogP contribution in [0.3, 0.4) is 0 Å². The largest absolute Gasteiger partial charge is 0.504 e. The normalized spacial score (nSPS) is 13.8. The molecule has 1 aromatic rings. The zero-order valence-electron chi connectivity index (χ0n) is 9.38. The number of halogens is 1. The van der Waals surface area contributed by atoms with Crippen molar-refractivity contribution in [3.63, 3.8) is 0 Å². The van der Waals surface area contributed by atoms with Crippen molar-refractivity contribution >= 4 is 12.4 Å². The Balaban J connectivity index is 0.00000225. The van der Waals surface area contributed by atoms with E-state index in [4.69, 9.17) is 10.5 Å². The predicted molar refractivity (Wildman–Crippen MR) is 65.1 cm³/mol. The summed E-state index contributed by atoms with van der Waals surface area (Å²) < 4.78 is 5.22. The molecule has 0 amide bonds. The van der Waals surface area contributed by atoms with Crippen molar-refractivity contribution in [2.45, 2.75) is 26.0 Å². The van der Waals surface area contributed by atoms with Crippen LogP contribution in [0.4, 0.5) is 0 Å². The second-order valence-electron chi connectivity index (χ2n) is 3.39. The van der Waals surface area contributed by atoms with Crippen LogP contribution in [-0.4, -0.2) is 22.9 Å². The van der Waals surface area contributed by atoms with Gasteiger partial charge < -0.3 is 20.7 Å². The first-order valence-electron chi connectivity index (χ1n) is 4.96. The van der Waals surface area contributed by atoms with Crippen molar-refractivity contribution in [3.05, 3.63) is 23.8 Å². The molecular formula is C11H18ClNO3. The Labute approximate surface area is 101 Å². The van der Waals surface area contributed by atoms with E-state index in [1.54, 1.807) is 25.1 Å². The molecule has 0 unspecified atom stereocenters. The molecule has 0 spiro atoms. The lowest BCUT2D eigenvalue weighted by atomic mass is 10.0. The summed E-state index contributed by atoms with van der Waals surface area (Å²) in [5.74, 6) is 0.402. The fourth-order valence-electron chi connectivity index (χ4n) is 1.34. The van der Waals surface area contributed by atoms with Gasteiger partial charge in [0.15, 0.2) is 11.5 Å². The highest BCUT2D eigenvalue weighted by Gasteiger charge is 2.18. The van der Waals surface area contributed by atoms with Gasteiger partial charge in [-0.1, -0.05) is 12.1 Å². The summed E-state index contributed by atoms with van der Waals surface area (Å²) in [4.78, 5) is 0. The summed E-state index contributed by atoms with van der Waals surface area (Å²) in [6, 6.07) is 4.47. The fourth-order valence-corrected chi connectivity index (χ4v) is 1.34. The van der Waals surface area contributed by atoms with Gasteiger partial charge in [0, 0.05) is 5.56 Å². The molecule has 0 saturated carbocycles. The Kier molecular flexibility index (Phi) is 6.18. The van der Waals surface area contributed by atoms with E-state index in [2.05, 4.69) is 0 Å². The topological polar surface area (TPSA) is 75.7 Å². The third-order valence-electron chi connectivity index (χ3n) is 2.21. The number of hydrogen-bond donors (Lipinski definition) is 3. The van der Waals surface area contributed by atoms with E-state index in [0.29, 0.717) is 17.9 Å². The minimum Gasteiger partial charge on any atom is -0.504 e. The Morgan fingerprint density at radius 3 is 2.56 bits per heavy atom. The van der Waals surface area contributed by atoms with Crippen molar-refractivity contribution in [3.8, 4) is 11.5 Å². The quantitative estimate of drug-likeness (QED) is 0.755. The summed E-state index contributed by atoms with van der Waals surface area (Å²) in [6.07, 6.45) is -0.715. The molecule has 16 heavy (non-hydrogen) atoms. The van der Waals surface area contributed by atoms with Crippen molar-refractivity contribution in [2.75, 3.05) is 6.61 Å². The standard InChI is InChI=1S/C11H17NO3.ClH/c1-3-15-9-6-4-5-8(11(9)14)10(12)7(2)13;/h4-7,10,13-14H,3,12H2,1-2H3;1H/t7-,10-;/m0./s1. The van der Waals surface area contributed by atoms with E-state index in [-0.39, 0.29) is 18.2 Å². The molecular weight excluding hydrogens is 230 g/mol. The maximum atomic E-state index is 9.82. The molecule has 1 rings (SSSR count). The SMILES string of the molecule is CCOc1cccc([C@@H](N)[C@H](C)O)c1O.Cl. The Hall–Kier alpha value is -0.970. The zero-order chi connectivity index (χ0) is 11.4. The van der Waals surface area contributed by atoms with Crippen molar-refractivity contribution in [1.82, 2.24) is 0 Å². The Morgan fingerprint density at radius 1 is 1.44 bits per heavy atom. The van der Waals surface area contributed by atoms with Crippen LogP contribution in [0.15, 0.2) is 18.2 Å². The van der Waals surface area contributed by atoms with Crippen LogP contribution in [0.2, 0.25) is 0 Å². The van der Waals surface area contributed by atoms with Crippen molar-refractivity contribution in [1.29, 1.82) is 0 Å². The van der Waals surface area contributed by atoms with Gasteiger partial charge in [0.1, 0.15) is 0 Å². The number of aromatic hydroxyl groups is 1. The number of para-hydroxylation sites is 1. The van der Waals surface area contributed by atoms with Crippen LogP contribution in [0.25, 0.3) is 0 Å². The van der Waals surface area contributed by atoms with Gasteiger partial charge in [-0.3, -0.25) is 0 Å². The first-order chi connectivity index (χ1) is 7.07. The van der Waals surface area contributed by atoms with Crippen LogP contribution in [0.5, 0.6) is 11.5 Å². The highest BCUT2D eigenvalue weighted by Crippen LogP contribution is 2.33. The molecule has 0 aliphatic carbocycles. The molecule has 5 heteroatoms. The number of phenolic OH excluding ortho intramolecular Hbond substituents is 1. The van der Waals surface area contributed by atoms with Crippen LogP contribution in [0.1, 0.15) is 25.5 Å². The molecule has 0 saturated heterocycles. The lowest BCUT2D eigenvalue weighted by Crippen LogP contribution is -2.23. The summed E-state index contributed by atoms with van der Waals surface area (Å²) in [5, 5.41) is 19.2. The van der Waals surface area contributed by atoms with E-state index >= 15 is 0 Å². The highest BCUT2D eigenvalue weighted by molar-refractivity contribution is 5.85. The van der Waals surface area contributed by atoms with Crippen LogP contribution < -0.4 is 10.5 Å². The van der Waals surface area contributed by atoms with Crippen LogP contribution >= 0.6 is 12.4 Å². The summed E-state index contributed by atoms with van der Waals surface area (Å²) in [7, 11) is 0. The number of hydrogen-bond acceptors (Lipinski definition) is 4. The lowest BCUT2D eigenvalue weighted by Gasteiger charge is -2.17. The lowest BCUT2D eigenvalue weighted by molar-refractivity contribution is 0.162. The number of aliphatic hydroxyl groups is 1. The first-order valence-corrected chi connectivity index (χ1v) is 4.96. The zero-order valence-corrected chi connectivity index (χ0v) is 10.2. The fraction of sp³-hybridized carbons (Fsp3) is 0.455. The average molecular weight is 248 g/mol. The minimum absolute atomic E-state index is 0. The first kappa shape index (κ1) is 15.0. The molecule has 0 radical (unpaired) electrons. The molecule has 0 fully saturated rings. The monoisotopic (exact) mass is 247 g/mol. The number of phenols is 1. The number of aliphatic hydroxyl groups excluding tert-OH is 1. The third-order valence-corrected chi connectivity index (χ3v) is 2.21. The van der Waals surface area contributed by atoms with E-state index in [9.17, 15) is 10.2 Å². The number of ether oxygens (including phenoxy) is 1. The molecule has 0 heterocycles. The Bertz CT molecular complexity index is 331. The van der Waals surface area contributed by atoms with Gasteiger partial charge in [-0.15, -0.1) is 12.4 Å². The Morgan fingerprint density at radius 2 is 2.06 bits per heavy atom. The molecule has 1 aromatic carbocycles. The molecule has 0 aromatic heterocycles. The maximum Gasteiger partial charge on any atom is 0.162 e. The van der Waals surface area contributed by atoms with Crippen LogP contribution in [-0.2, 0) is 0 Å². The smallest absolute Gasteiger partial charge is 0.162 e. The average Bonchev–Trinajstić information content (AvgIpc) is 2.20. The van der Waals surface area contributed by atoms with Crippen LogP contribution in [0, 0.1) is 0 Å². The van der Waals surface area contributed by atoms with E-state index in [1.807, 2.05) is 6.92 Å². The van der Waals surface area contributed by atoms with Gasteiger partial charge in [-0.2, -0.15) is 0 Å². The van der Waals surface area contributed by atoms with Gasteiger partial charge in [-0.25, -0.2) is 0 Å². The number of nitrogens with two attached hydrogens (primary N) is 1. The van der Waals surface area contributed by atoms with E-state index in [0.717, 1.165) is 0 Å². The van der Waals surface area contributed by atoms with Gasteiger partial charge in [-0.05, 0) is 19.9 Å². The van der Waals surface area contributed by atoms with Gasteiger partial charge in [0.25, 0.3) is 0 Å². The van der Waals surface area contributed by atoms with Crippen molar-refractivity contribution < 1.29 is 14.9 Å². The summed E-state index contributed by atoms with van der Waals surface area (Å²) in [5.41, 5.74) is 6.23.